The standard InChI is InChI=1S/C13H20/c1-5-11-8-12(6-2)13(9-11)7-10(3)4/h7,9H,5-6,8H2,1-4H3. The highest BCUT2D eigenvalue weighted by Crippen LogP contribution is 2.30. The van der Waals surface area contributed by atoms with Gasteiger partial charge in [-0.15, -0.1) is 0 Å². The lowest BCUT2D eigenvalue weighted by Gasteiger charge is -2.00. The van der Waals surface area contributed by atoms with Crippen LogP contribution in [0.2, 0.25) is 0 Å². The summed E-state index contributed by atoms with van der Waals surface area (Å²) >= 11 is 0. The Bertz CT molecular complexity index is 270. The van der Waals surface area contributed by atoms with Crippen LogP contribution in [-0.4, -0.2) is 0 Å². The molecule has 13 heavy (non-hydrogen) atoms. The van der Waals surface area contributed by atoms with E-state index in [1.807, 2.05) is 0 Å². The maximum atomic E-state index is 2.37. The van der Waals surface area contributed by atoms with Gasteiger partial charge in [-0.2, -0.15) is 0 Å². The normalized spacial score (nSPS) is 16.2. The summed E-state index contributed by atoms with van der Waals surface area (Å²) in [5, 5.41) is 0. The van der Waals surface area contributed by atoms with Crippen LogP contribution in [0.5, 0.6) is 0 Å². The molecule has 0 aromatic carbocycles. The zero-order valence-electron chi connectivity index (χ0n) is 9.28. The van der Waals surface area contributed by atoms with Gasteiger partial charge in [-0.3, -0.25) is 0 Å². The first-order chi connectivity index (χ1) is 6.17. The minimum absolute atomic E-state index is 1.19. The van der Waals surface area contributed by atoms with Crippen LogP contribution in [0, 0.1) is 0 Å². The summed E-state index contributed by atoms with van der Waals surface area (Å²) in [4.78, 5) is 0. The Morgan fingerprint density at radius 2 is 2.00 bits per heavy atom. The van der Waals surface area contributed by atoms with Crippen molar-refractivity contribution in [2.45, 2.75) is 47.0 Å². The van der Waals surface area contributed by atoms with Gasteiger partial charge in [-0.05, 0) is 38.7 Å². The van der Waals surface area contributed by atoms with Gasteiger partial charge in [0.2, 0.25) is 0 Å². The molecule has 1 aliphatic rings. The van der Waals surface area contributed by atoms with Crippen molar-refractivity contribution in [3.8, 4) is 0 Å². The third-order valence-corrected chi connectivity index (χ3v) is 2.53. The fourth-order valence-electron chi connectivity index (χ4n) is 1.76. The lowest BCUT2D eigenvalue weighted by atomic mass is 10.1. The van der Waals surface area contributed by atoms with Crippen molar-refractivity contribution in [2.24, 2.45) is 0 Å². The van der Waals surface area contributed by atoms with Crippen LogP contribution in [0.15, 0.2) is 34.4 Å². The predicted molar refractivity (Wildman–Crippen MR) is 59.7 cm³/mol. The Morgan fingerprint density at radius 3 is 2.46 bits per heavy atom. The predicted octanol–water partition coefficient (Wildman–Crippen LogP) is 4.40. The lowest BCUT2D eigenvalue weighted by molar-refractivity contribution is 0.957. The Hall–Kier alpha value is -0.780. The van der Waals surface area contributed by atoms with Crippen molar-refractivity contribution in [3.63, 3.8) is 0 Å². The van der Waals surface area contributed by atoms with E-state index in [1.54, 1.807) is 11.1 Å². The third-order valence-electron chi connectivity index (χ3n) is 2.53. The van der Waals surface area contributed by atoms with Gasteiger partial charge in [0, 0.05) is 0 Å². The van der Waals surface area contributed by atoms with E-state index in [4.69, 9.17) is 0 Å². The van der Waals surface area contributed by atoms with E-state index < -0.39 is 0 Å². The highest BCUT2D eigenvalue weighted by atomic mass is 14.2. The molecule has 0 fully saturated rings. The van der Waals surface area contributed by atoms with Crippen LogP contribution < -0.4 is 0 Å². The summed E-state index contributed by atoms with van der Waals surface area (Å²) in [5.74, 6) is 0. The summed E-state index contributed by atoms with van der Waals surface area (Å²) in [6.45, 7) is 8.82. The SMILES string of the molecule is CCC1=CC(C=C(C)C)=C(CC)C1. The minimum Gasteiger partial charge on any atom is -0.0758 e. The Morgan fingerprint density at radius 1 is 1.31 bits per heavy atom. The third kappa shape index (κ3) is 2.58. The van der Waals surface area contributed by atoms with Crippen molar-refractivity contribution in [2.75, 3.05) is 0 Å². The molecule has 0 aliphatic heterocycles. The molecule has 0 spiro atoms. The van der Waals surface area contributed by atoms with Gasteiger partial charge in [0.1, 0.15) is 0 Å². The number of allylic oxidation sites excluding steroid dienone is 6. The first-order valence-corrected chi connectivity index (χ1v) is 5.23. The van der Waals surface area contributed by atoms with E-state index in [2.05, 4.69) is 39.8 Å². The molecule has 0 aromatic rings. The van der Waals surface area contributed by atoms with Crippen LogP contribution in [-0.2, 0) is 0 Å². The molecule has 0 atom stereocenters. The fourth-order valence-corrected chi connectivity index (χ4v) is 1.76. The number of hydrogen-bond acceptors (Lipinski definition) is 0. The quantitative estimate of drug-likeness (QED) is 0.598. The summed E-state index contributed by atoms with van der Waals surface area (Å²) in [5.41, 5.74) is 6.07. The molecule has 0 unspecified atom stereocenters. The Labute approximate surface area is 82.0 Å². The summed E-state index contributed by atoms with van der Waals surface area (Å²) in [6, 6.07) is 0. The molecule has 0 bridgehead atoms. The molecule has 0 saturated heterocycles. The van der Waals surface area contributed by atoms with E-state index in [0.717, 1.165) is 0 Å². The van der Waals surface area contributed by atoms with Crippen LogP contribution >= 0.6 is 0 Å². The molecule has 1 aliphatic carbocycles. The summed E-state index contributed by atoms with van der Waals surface area (Å²) in [7, 11) is 0. The van der Waals surface area contributed by atoms with Gasteiger partial charge in [0.15, 0.2) is 0 Å². The van der Waals surface area contributed by atoms with Crippen molar-refractivity contribution < 1.29 is 0 Å². The second kappa shape index (κ2) is 4.45. The number of rotatable bonds is 3. The zero-order valence-corrected chi connectivity index (χ0v) is 9.28. The maximum Gasteiger partial charge on any atom is -0.00963 e. The molecular weight excluding hydrogens is 156 g/mol. The Kier molecular flexibility index (Phi) is 3.53. The number of hydrogen-bond donors (Lipinski definition) is 0. The van der Waals surface area contributed by atoms with Gasteiger partial charge in [-0.25, -0.2) is 0 Å². The molecular formula is C13H20. The second-order valence-corrected chi connectivity index (χ2v) is 3.97. The van der Waals surface area contributed by atoms with Crippen LogP contribution in [0.25, 0.3) is 0 Å². The summed E-state index contributed by atoms with van der Waals surface area (Å²) < 4.78 is 0. The summed E-state index contributed by atoms with van der Waals surface area (Å²) in [6.07, 6.45) is 8.28. The van der Waals surface area contributed by atoms with Crippen molar-refractivity contribution in [3.05, 3.63) is 34.4 Å². The molecule has 1 rings (SSSR count). The van der Waals surface area contributed by atoms with E-state index in [1.165, 1.54) is 30.4 Å². The largest absolute Gasteiger partial charge is 0.0758 e. The first-order valence-electron chi connectivity index (χ1n) is 5.23. The molecule has 0 nitrogen and oxygen atoms in total. The molecule has 0 heteroatoms. The van der Waals surface area contributed by atoms with E-state index in [0.29, 0.717) is 0 Å². The van der Waals surface area contributed by atoms with Gasteiger partial charge in [0.05, 0.1) is 0 Å². The Balaban J connectivity index is 2.87. The van der Waals surface area contributed by atoms with E-state index in [9.17, 15) is 0 Å². The fraction of sp³-hybridized carbons (Fsp3) is 0.538. The first kappa shape index (κ1) is 10.3. The molecule has 0 saturated carbocycles. The topological polar surface area (TPSA) is 0 Å². The molecule has 0 amide bonds. The van der Waals surface area contributed by atoms with E-state index >= 15 is 0 Å². The highest BCUT2D eigenvalue weighted by Gasteiger charge is 2.10. The van der Waals surface area contributed by atoms with Crippen LogP contribution in [0.3, 0.4) is 0 Å². The minimum atomic E-state index is 1.19. The van der Waals surface area contributed by atoms with Gasteiger partial charge in [0.25, 0.3) is 0 Å². The molecule has 0 radical (unpaired) electrons. The van der Waals surface area contributed by atoms with Gasteiger partial charge >= 0.3 is 0 Å². The van der Waals surface area contributed by atoms with Gasteiger partial charge < -0.3 is 0 Å². The van der Waals surface area contributed by atoms with E-state index in [-0.39, 0.29) is 0 Å². The highest BCUT2D eigenvalue weighted by molar-refractivity contribution is 5.46. The second-order valence-electron chi connectivity index (χ2n) is 3.97. The van der Waals surface area contributed by atoms with Crippen molar-refractivity contribution >= 4 is 0 Å². The average Bonchev–Trinajstić information content (AvgIpc) is 2.46. The molecule has 0 N–H and O–H groups in total. The molecule has 0 heterocycles. The molecule has 0 aromatic heterocycles. The van der Waals surface area contributed by atoms with Crippen LogP contribution in [0.4, 0.5) is 0 Å². The zero-order chi connectivity index (χ0) is 9.84. The van der Waals surface area contributed by atoms with Gasteiger partial charge in [-0.1, -0.05) is 42.7 Å². The maximum absolute atomic E-state index is 2.37. The van der Waals surface area contributed by atoms with Crippen molar-refractivity contribution in [1.29, 1.82) is 0 Å². The molecule has 72 valence electrons. The monoisotopic (exact) mass is 176 g/mol. The average molecular weight is 176 g/mol. The van der Waals surface area contributed by atoms with Crippen molar-refractivity contribution in [1.82, 2.24) is 0 Å². The smallest absolute Gasteiger partial charge is 0.00963 e. The van der Waals surface area contributed by atoms with Crippen LogP contribution in [0.1, 0.15) is 47.0 Å². The lowest BCUT2D eigenvalue weighted by Crippen LogP contribution is -1.81.